The number of rotatable bonds is 5. The minimum absolute atomic E-state index is 0.755. The first-order valence-corrected chi connectivity index (χ1v) is 7.17. The number of aromatic nitrogens is 1. The summed E-state index contributed by atoms with van der Waals surface area (Å²) in [6.45, 7) is 3.76. The Labute approximate surface area is 124 Å². The zero-order valence-electron chi connectivity index (χ0n) is 12.0. The van der Waals surface area contributed by atoms with Gasteiger partial charge in [0.1, 0.15) is 11.5 Å². The van der Waals surface area contributed by atoms with E-state index in [0.29, 0.717) is 0 Å². The monoisotopic (exact) mass is 278 g/mol. The molecule has 0 aliphatic rings. The van der Waals surface area contributed by atoms with Crippen LogP contribution in [0.4, 0.5) is 0 Å². The number of nitrogens with one attached hydrogen (secondary N) is 1. The van der Waals surface area contributed by atoms with E-state index in [0.717, 1.165) is 30.3 Å². The SMILES string of the molecule is CCNCc1cc(Oc2ccc3ccccc3c2)ccn1. The van der Waals surface area contributed by atoms with E-state index in [1.54, 1.807) is 6.20 Å². The van der Waals surface area contributed by atoms with Crippen molar-refractivity contribution in [2.75, 3.05) is 6.54 Å². The van der Waals surface area contributed by atoms with Crippen molar-refractivity contribution in [2.24, 2.45) is 0 Å². The second kappa shape index (κ2) is 6.37. The quantitative estimate of drug-likeness (QED) is 0.761. The van der Waals surface area contributed by atoms with Crippen LogP contribution < -0.4 is 10.1 Å². The van der Waals surface area contributed by atoms with Crippen LogP contribution in [0.2, 0.25) is 0 Å². The van der Waals surface area contributed by atoms with Crippen molar-refractivity contribution in [3.8, 4) is 11.5 Å². The number of nitrogens with zero attached hydrogens (tertiary/aromatic N) is 1. The van der Waals surface area contributed by atoms with E-state index in [9.17, 15) is 0 Å². The van der Waals surface area contributed by atoms with E-state index >= 15 is 0 Å². The van der Waals surface area contributed by atoms with Gasteiger partial charge in [-0.1, -0.05) is 37.3 Å². The maximum Gasteiger partial charge on any atom is 0.130 e. The molecule has 0 radical (unpaired) electrons. The minimum Gasteiger partial charge on any atom is -0.457 e. The standard InChI is InChI=1S/C18H18N2O/c1-2-19-13-16-12-18(9-10-20-16)21-17-8-7-14-5-3-4-6-15(14)11-17/h3-12,19H,2,13H2,1H3. The van der Waals surface area contributed by atoms with Crippen LogP contribution >= 0.6 is 0 Å². The maximum absolute atomic E-state index is 5.94. The second-order valence-corrected chi connectivity index (χ2v) is 4.87. The third kappa shape index (κ3) is 3.38. The van der Waals surface area contributed by atoms with Gasteiger partial charge in [-0.2, -0.15) is 0 Å². The van der Waals surface area contributed by atoms with E-state index < -0.39 is 0 Å². The summed E-state index contributed by atoms with van der Waals surface area (Å²) in [6, 6.07) is 18.2. The van der Waals surface area contributed by atoms with Crippen LogP contribution in [0.1, 0.15) is 12.6 Å². The predicted molar refractivity (Wildman–Crippen MR) is 85.6 cm³/mol. The van der Waals surface area contributed by atoms with Crippen molar-refractivity contribution >= 4 is 10.8 Å². The molecule has 1 heterocycles. The molecule has 0 saturated heterocycles. The van der Waals surface area contributed by atoms with Crippen molar-refractivity contribution < 1.29 is 4.74 Å². The maximum atomic E-state index is 5.94. The topological polar surface area (TPSA) is 34.1 Å². The van der Waals surface area contributed by atoms with Gasteiger partial charge >= 0.3 is 0 Å². The van der Waals surface area contributed by atoms with Crippen LogP contribution in [0.15, 0.2) is 60.8 Å². The average molecular weight is 278 g/mol. The Balaban J connectivity index is 1.81. The summed E-state index contributed by atoms with van der Waals surface area (Å²) >= 11 is 0. The second-order valence-electron chi connectivity index (χ2n) is 4.87. The Kier molecular flexibility index (Phi) is 4.12. The van der Waals surface area contributed by atoms with Crippen molar-refractivity contribution in [3.63, 3.8) is 0 Å². The largest absolute Gasteiger partial charge is 0.457 e. The highest BCUT2D eigenvalue weighted by atomic mass is 16.5. The summed E-state index contributed by atoms with van der Waals surface area (Å²) in [5.74, 6) is 1.66. The molecule has 21 heavy (non-hydrogen) atoms. The Bertz CT molecular complexity index is 740. The van der Waals surface area contributed by atoms with Gasteiger partial charge in [0.25, 0.3) is 0 Å². The molecular weight excluding hydrogens is 260 g/mol. The van der Waals surface area contributed by atoms with Crippen molar-refractivity contribution in [1.82, 2.24) is 10.3 Å². The van der Waals surface area contributed by atoms with Gasteiger partial charge in [-0.3, -0.25) is 4.98 Å². The van der Waals surface area contributed by atoms with E-state index in [2.05, 4.69) is 41.5 Å². The first kappa shape index (κ1) is 13.6. The van der Waals surface area contributed by atoms with E-state index in [-0.39, 0.29) is 0 Å². The van der Waals surface area contributed by atoms with Gasteiger partial charge in [0, 0.05) is 18.8 Å². The lowest BCUT2D eigenvalue weighted by molar-refractivity contribution is 0.481. The summed E-state index contributed by atoms with van der Waals surface area (Å²) in [5, 5.41) is 5.65. The predicted octanol–water partition coefficient (Wildman–Crippen LogP) is 4.14. The van der Waals surface area contributed by atoms with E-state index in [1.807, 2.05) is 30.3 Å². The van der Waals surface area contributed by atoms with Crippen LogP contribution in [-0.4, -0.2) is 11.5 Å². The molecule has 0 amide bonds. The molecule has 106 valence electrons. The Hall–Kier alpha value is -2.39. The fourth-order valence-electron chi connectivity index (χ4n) is 2.24. The van der Waals surface area contributed by atoms with Crippen molar-refractivity contribution in [1.29, 1.82) is 0 Å². The number of hydrogen-bond acceptors (Lipinski definition) is 3. The Morgan fingerprint density at radius 3 is 2.62 bits per heavy atom. The molecule has 3 nitrogen and oxygen atoms in total. The average Bonchev–Trinajstić information content (AvgIpc) is 2.53. The molecule has 0 atom stereocenters. The number of pyridine rings is 1. The Morgan fingerprint density at radius 2 is 1.76 bits per heavy atom. The Morgan fingerprint density at radius 1 is 0.952 bits per heavy atom. The van der Waals surface area contributed by atoms with Gasteiger partial charge in [0.2, 0.25) is 0 Å². The molecule has 3 aromatic rings. The summed E-state index contributed by atoms with van der Waals surface area (Å²) in [5.41, 5.74) is 0.982. The molecule has 0 aliphatic carbocycles. The number of fused-ring (bicyclic) bond motifs is 1. The zero-order chi connectivity index (χ0) is 14.5. The van der Waals surface area contributed by atoms with Crippen molar-refractivity contribution in [2.45, 2.75) is 13.5 Å². The lowest BCUT2D eigenvalue weighted by atomic mass is 10.1. The van der Waals surface area contributed by atoms with E-state index in [1.165, 1.54) is 10.8 Å². The van der Waals surface area contributed by atoms with Crippen LogP contribution in [0, 0.1) is 0 Å². The molecule has 3 rings (SSSR count). The highest BCUT2D eigenvalue weighted by Gasteiger charge is 2.01. The number of ether oxygens (including phenoxy) is 1. The lowest BCUT2D eigenvalue weighted by Gasteiger charge is -2.08. The number of benzene rings is 2. The number of hydrogen-bond donors (Lipinski definition) is 1. The molecule has 0 aliphatic heterocycles. The van der Waals surface area contributed by atoms with Gasteiger partial charge in [-0.25, -0.2) is 0 Å². The smallest absolute Gasteiger partial charge is 0.130 e. The first-order valence-electron chi connectivity index (χ1n) is 7.17. The molecule has 3 heteroatoms. The summed E-state index contributed by atoms with van der Waals surface area (Å²) in [4.78, 5) is 4.33. The first-order chi connectivity index (χ1) is 10.3. The molecule has 1 aromatic heterocycles. The highest BCUT2D eigenvalue weighted by molar-refractivity contribution is 5.83. The van der Waals surface area contributed by atoms with Gasteiger partial charge in [-0.15, -0.1) is 0 Å². The molecule has 1 N–H and O–H groups in total. The fourth-order valence-corrected chi connectivity index (χ4v) is 2.24. The van der Waals surface area contributed by atoms with Gasteiger partial charge < -0.3 is 10.1 Å². The van der Waals surface area contributed by atoms with Gasteiger partial charge in [0.15, 0.2) is 0 Å². The van der Waals surface area contributed by atoms with E-state index in [4.69, 9.17) is 4.74 Å². The molecule has 0 spiro atoms. The van der Waals surface area contributed by atoms with Crippen LogP contribution in [-0.2, 0) is 6.54 Å². The van der Waals surface area contributed by atoms with Crippen molar-refractivity contribution in [3.05, 3.63) is 66.5 Å². The molecule has 0 fully saturated rings. The third-order valence-electron chi connectivity index (χ3n) is 3.30. The molecular formula is C18H18N2O. The van der Waals surface area contributed by atoms with Crippen LogP contribution in [0.25, 0.3) is 10.8 Å². The fraction of sp³-hybridized carbons (Fsp3) is 0.167. The molecule has 0 saturated carbocycles. The van der Waals surface area contributed by atoms with Crippen LogP contribution in [0.5, 0.6) is 11.5 Å². The normalized spacial score (nSPS) is 10.7. The lowest BCUT2D eigenvalue weighted by Crippen LogP contribution is -2.12. The van der Waals surface area contributed by atoms with Gasteiger partial charge in [-0.05, 0) is 35.5 Å². The van der Waals surface area contributed by atoms with Gasteiger partial charge in [0.05, 0.1) is 5.69 Å². The summed E-state index contributed by atoms with van der Waals surface area (Å²) in [6.07, 6.45) is 1.78. The minimum atomic E-state index is 0.755. The third-order valence-corrected chi connectivity index (χ3v) is 3.30. The van der Waals surface area contributed by atoms with Crippen LogP contribution in [0.3, 0.4) is 0 Å². The summed E-state index contributed by atoms with van der Waals surface area (Å²) in [7, 11) is 0. The summed E-state index contributed by atoms with van der Waals surface area (Å²) < 4.78 is 5.94. The highest BCUT2D eigenvalue weighted by Crippen LogP contribution is 2.25. The zero-order valence-corrected chi connectivity index (χ0v) is 12.0. The molecule has 0 bridgehead atoms. The molecule has 2 aromatic carbocycles. The molecule has 0 unspecified atom stereocenters.